The molecule has 304 valence electrons. The number of nitrogens with two attached hydrogens (primary N) is 3. The van der Waals surface area contributed by atoms with Crippen molar-refractivity contribution in [1.82, 2.24) is 29.5 Å². The molecular weight excluding hydrogens is 743 g/mol. The molecule has 3 heterocycles. The Labute approximate surface area is 334 Å². The number of imide groups is 1. The Bertz CT molecular complexity index is 2410. The van der Waals surface area contributed by atoms with Crippen LogP contribution in [0, 0.1) is 0 Å². The summed E-state index contributed by atoms with van der Waals surface area (Å²) >= 11 is 0. The van der Waals surface area contributed by atoms with Crippen LogP contribution in [0.2, 0.25) is 0 Å². The fourth-order valence-corrected chi connectivity index (χ4v) is 6.87. The van der Waals surface area contributed by atoms with Gasteiger partial charge in [0.1, 0.15) is 17.6 Å². The van der Waals surface area contributed by atoms with Crippen molar-refractivity contribution in [1.29, 1.82) is 0 Å². The first-order chi connectivity index (χ1) is 27.9. The molecule has 1 aliphatic heterocycles. The molecule has 1 fully saturated rings. The number of carbonyl (C=O) groups excluding carboxylic acids is 3. The summed E-state index contributed by atoms with van der Waals surface area (Å²) < 4.78 is 16.1. The minimum absolute atomic E-state index is 0.0415. The Morgan fingerprint density at radius 1 is 0.983 bits per heavy atom. The average molecular weight is 792 g/mol. The highest BCUT2D eigenvalue weighted by Gasteiger charge is 2.31. The Morgan fingerprint density at radius 3 is 2.45 bits per heavy atom. The van der Waals surface area contributed by atoms with Crippen molar-refractivity contribution in [2.75, 3.05) is 33.0 Å². The summed E-state index contributed by atoms with van der Waals surface area (Å²) in [6.07, 6.45) is 7.05. The number of nitrogens with one attached hydrogen (secondary N) is 2. The van der Waals surface area contributed by atoms with E-state index in [-0.39, 0.29) is 41.5 Å². The van der Waals surface area contributed by atoms with Crippen molar-refractivity contribution in [2.45, 2.75) is 44.7 Å². The van der Waals surface area contributed by atoms with E-state index in [1.165, 1.54) is 9.13 Å². The molecule has 6 rings (SSSR count). The number of aromatic hydroxyl groups is 1. The highest BCUT2D eigenvalue weighted by molar-refractivity contribution is 6.00. The van der Waals surface area contributed by atoms with Gasteiger partial charge in [-0.3, -0.25) is 33.5 Å². The van der Waals surface area contributed by atoms with Gasteiger partial charge >= 0.3 is 5.69 Å². The van der Waals surface area contributed by atoms with Gasteiger partial charge in [0, 0.05) is 60.8 Å². The van der Waals surface area contributed by atoms with Gasteiger partial charge in [-0.05, 0) is 79.8 Å². The number of nitrogens with zero attached hydrogens (tertiary/aromatic N) is 4. The van der Waals surface area contributed by atoms with Crippen LogP contribution >= 0.6 is 0 Å². The lowest BCUT2D eigenvalue weighted by Gasteiger charge is -2.21. The van der Waals surface area contributed by atoms with Crippen LogP contribution in [0.1, 0.15) is 70.9 Å². The molecule has 0 bridgehead atoms. The van der Waals surface area contributed by atoms with Gasteiger partial charge in [-0.2, -0.15) is 5.10 Å². The van der Waals surface area contributed by atoms with E-state index in [9.17, 15) is 24.3 Å². The Balaban J connectivity index is 0.887. The summed E-state index contributed by atoms with van der Waals surface area (Å²) in [5.74, 6) is -0.896. The number of imidazole rings is 1. The summed E-state index contributed by atoms with van der Waals surface area (Å²) in [4.78, 5) is 49.8. The molecular formula is C42H49N9O7. The quantitative estimate of drug-likeness (QED) is 0.0455. The molecule has 2 atom stereocenters. The summed E-state index contributed by atoms with van der Waals surface area (Å²) in [5, 5.41) is 19.9. The van der Waals surface area contributed by atoms with Gasteiger partial charge in [0.25, 0.3) is 5.91 Å². The highest BCUT2D eigenvalue weighted by Crippen LogP contribution is 2.27. The largest absolute Gasteiger partial charge is 0.507 e. The first kappa shape index (κ1) is 41.0. The predicted octanol–water partition coefficient (Wildman–Crippen LogP) is 2.81. The molecule has 9 N–H and O–H groups in total. The number of ether oxygens (including phenoxy) is 2. The summed E-state index contributed by atoms with van der Waals surface area (Å²) in [6, 6.07) is 18.9. The fourth-order valence-electron chi connectivity index (χ4n) is 6.87. The monoisotopic (exact) mass is 791 g/mol. The molecule has 1 saturated heterocycles. The molecule has 0 saturated carbocycles. The van der Waals surface area contributed by atoms with E-state index in [1.807, 2.05) is 37.3 Å². The Hall–Kier alpha value is -6.65. The number of rotatable bonds is 17. The first-order valence-electron chi connectivity index (χ1n) is 19.1. The van der Waals surface area contributed by atoms with Crippen LogP contribution < -0.4 is 33.5 Å². The van der Waals surface area contributed by atoms with Crippen molar-refractivity contribution in [2.24, 2.45) is 24.2 Å². The normalized spacial score (nSPS) is 15.0. The number of phenolic OH excluding ortho intramolecular Hbond substituents is 1. The average Bonchev–Trinajstić information content (AvgIpc) is 3.79. The van der Waals surface area contributed by atoms with Gasteiger partial charge in [0.15, 0.2) is 0 Å². The van der Waals surface area contributed by atoms with Gasteiger partial charge in [-0.15, -0.1) is 0 Å². The molecule has 58 heavy (non-hydrogen) atoms. The Kier molecular flexibility index (Phi) is 13.1. The van der Waals surface area contributed by atoms with Gasteiger partial charge < -0.3 is 37.1 Å². The van der Waals surface area contributed by atoms with Crippen molar-refractivity contribution in [3.63, 3.8) is 0 Å². The number of fused-ring (bicyclic) bond motifs is 1. The molecule has 3 amide bonds. The van der Waals surface area contributed by atoms with Gasteiger partial charge in [0.2, 0.25) is 11.8 Å². The smallest absolute Gasteiger partial charge is 0.329 e. The van der Waals surface area contributed by atoms with Crippen LogP contribution in [-0.4, -0.2) is 74.7 Å². The van der Waals surface area contributed by atoms with Gasteiger partial charge in [-0.25, -0.2) is 4.79 Å². The fraction of sp³-hybridized carbons (Fsp3) is 0.310. The number of hydrogen-bond donors (Lipinski definition) is 6. The number of aryl methyl sites for hydroxylation is 2. The molecule has 0 radical (unpaired) electrons. The number of piperidine rings is 1. The topological polar surface area (TPSA) is 237 Å². The SMILES string of the molecule is CC(c1ccc(C(=O)NCCOCCOCCCc2ccc3c(c2)n(C)c(=O)n3C2CCC(=O)NC2=O)cc1)n1cc(C(/C=C(\N)c2ccccc2O)=C(N)N)cn1. The van der Waals surface area contributed by atoms with Crippen molar-refractivity contribution < 1.29 is 29.0 Å². The van der Waals surface area contributed by atoms with E-state index in [0.29, 0.717) is 72.9 Å². The maximum atomic E-state index is 13.0. The van der Waals surface area contributed by atoms with Crippen molar-refractivity contribution in [3.05, 3.63) is 129 Å². The molecule has 3 aromatic carbocycles. The second-order valence-corrected chi connectivity index (χ2v) is 14.1. The number of para-hydroxylation sites is 1. The zero-order valence-electron chi connectivity index (χ0n) is 32.5. The highest BCUT2D eigenvalue weighted by atomic mass is 16.5. The van der Waals surface area contributed by atoms with E-state index < -0.39 is 11.9 Å². The molecule has 2 unspecified atom stereocenters. The van der Waals surface area contributed by atoms with E-state index >= 15 is 0 Å². The lowest BCUT2D eigenvalue weighted by Crippen LogP contribution is -2.44. The molecule has 1 aliphatic rings. The number of hydrogen-bond acceptors (Lipinski definition) is 11. The zero-order chi connectivity index (χ0) is 41.3. The molecule has 16 nitrogen and oxygen atoms in total. The number of carbonyl (C=O) groups is 3. The van der Waals surface area contributed by atoms with Crippen LogP contribution in [0.4, 0.5) is 0 Å². The number of aromatic nitrogens is 4. The lowest BCUT2D eigenvalue weighted by molar-refractivity contribution is -0.135. The summed E-state index contributed by atoms with van der Waals surface area (Å²) in [5.41, 5.74) is 23.7. The summed E-state index contributed by atoms with van der Waals surface area (Å²) in [7, 11) is 1.68. The number of allylic oxidation sites excluding steroid dienone is 2. The molecule has 16 heteroatoms. The second-order valence-electron chi connectivity index (χ2n) is 14.1. The zero-order valence-corrected chi connectivity index (χ0v) is 32.5. The van der Waals surface area contributed by atoms with Crippen molar-refractivity contribution >= 4 is 40.0 Å². The summed E-state index contributed by atoms with van der Waals surface area (Å²) in [6.45, 7) is 3.97. The third kappa shape index (κ3) is 9.47. The Morgan fingerprint density at radius 2 is 1.72 bits per heavy atom. The minimum Gasteiger partial charge on any atom is -0.507 e. The third-order valence-corrected chi connectivity index (χ3v) is 10.1. The van der Waals surface area contributed by atoms with E-state index in [4.69, 9.17) is 26.7 Å². The maximum Gasteiger partial charge on any atom is 0.329 e. The van der Waals surface area contributed by atoms with E-state index in [0.717, 1.165) is 29.5 Å². The lowest BCUT2D eigenvalue weighted by atomic mass is 10.0. The minimum atomic E-state index is -0.713. The van der Waals surface area contributed by atoms with Crippen LogP contribution in [0.3, 0.4) is 0 Å². The van der Waals surface area contributed by atoms with Gasteiger partial charge in [-0.1, -0.05) is 30.3 Å². The predicted molar refractivity (Wildman–Crippen MR) is 219 cm³/mol. The first-order valence-corrected chi connectivity index (χ1v) is 19.1. The molecule has 5 aromatic rings. The number of amides is 3. The van der Waals surface area contributed by atoms with E-state index in [2.05, 4.69) is 15.7 Å². The molecule has 2 aromatic heterocycles. The number of phenols is 1. The maximum absolute atomic E-state index is 13.0. The van der Waals surface area contributed by atoms with Crippen LogP contribution in [0.25, 0.3) is 22.3 Å². The third-order valence-electron chi connectivity index (χ3n) is 10.1. The van der Waals surface area contributed by atoms with Crippen molar-refractivity contribution in [3.8, 4) is 5.75 Å². The van der Waals surface area contributed by atoms with Crippen LogP contribution in [0.5, 0.6) is 5.75 Å². The number of benzene rings is 3. The molecule has 0 spiro atoms. The van der Waals surface area contributed by atoms with Crippen LogP contribution in [0.15, 0.2) is 95.8 Å². The van der Waals surface area contributed by atoms with E-state index in [1.54, 1.807) is 66.6 Å². The standard InChI is InChI=1S/C42H49N9O7/c1-26(50-25-30(24-47-50)32(39(44)45)23-33(43)31-7-3-4-8-37(31)52)28-10-12-29(13-11-28)40(54)46-17-19-58-21-20-57-18-5-6-27-9-14-34-36(22-27)49(2)42(56)51(34)35-15-16-38(53)48-41(35)55/h3-4,7-14,22-26,35,52H,5-6,15-21,43-45H2,1-2H3,(H,46,54)(H,48,53,55)/b33-23-. The van der Waals surface area contributed by atoms with Crippen LogP contribution in [-0.2, 0) is 32.5 Å². The second kappa shape index (κ2) is 18.5. The molecule has 0 aliphatic carbocycles. The van der Waals surface area contributed by atoms with Gasteiger partial charge in [0.05, 0.1) is 43.1 Å².